The summed E-state index contributed by atoms with van der Waals surface area (Å²) in [6, 6.07) is 12.6. The van der Waals surface area contributed by atoms with E-state index in [1.165, 1.54) is 0 Å². The maximum Gasteiger partial charge on any atom is 0.408 e. The molecule has 2 aromatic carbocycles. The molecule has 0 spiro atoms. The molecule has 0 radical (unpaired) electrons. The van der Waals surface area contributed by atoms with E-state index in [2.05, 4.69) is 0 Å². The molecule has 0 saturated carbocycles. The highest BCUT2D eigenvalue weighted by molar-refractivity contribution is 7.61. The van der Waals surface area contributed by atoms with Crippen LogP contribution in [0, 0.1) is 13.8 Å². The highest BCUT2D eigenvalue weighted by Gasteiger charge is 2.27. The first-order valence-electron chi connectivity index (χ1n) is 6.62. The van der Waals surface area contributed by atoms with Crippen LogP contribution in [-0.4, -0.2) is 4.89 Å². The Morgan fingerprint density at radius 3 is 2.50 bits per heavy atom. The molecule has 20 heavy (non-hydrogen) atoms. The zero-order valence-electron chi connectivity index (χ0n) is 12.0. The fourth-order valence-electron chi connectivity index (χ4n) is 2.09. The SMILES string of the molecule is CCc1ccccc1P(=O)(O)Oc1cccc(C)c1C. The molecule has 1 atom stereocenters. The third-order valence-corrected chi connectivity index (χ3v) is 4.94. The lowest BCUT2D eigenvalue weighted by Crippen LogP contribution is -2.14. The van der Waals surface area contributed by atoms with Gasteiger partial charge in [-0.1, -0.05) is 37.3 Å². The second-order valence-electron chi connectivity index (χ2n) is 4.79. The van der Waals surface area contributed by atoms with Gasteiger partial charge in [-0.2, -0.15) is 0 Å². The van der Waals surface area contributed by atoms with Gasteiger partial charge < -0.3 is 9.42 Å². The standard InChI is InChI=1S/C16H19O3P/c1-4-14-9-5-6-11-16(14)20(17,18)19-15-10-7-8-12(2)13(15)3/h5-11H,4H2,1-3H3,(H,17,18). The van der Waals surface area contributed by atoms with E-state index < -0.39 is 7.60 Å². The molecule has 0 heterocycles. The summed E-state index contributed by atoms with van der Waals surface area (Å²) in [6.07, 6.45) is 0.691. The topological polar surface area (TPSA) is 46.5 Å². The second kappa shape index (κ2) is 5.82. The first-order valence-corrected chi connectivity index (χ1v) is 8.20. The van der Waals surface area contributed by atoms with Gasteiger partial charge >= 0.3 is 7.60 Å². The van der Waals surface area contributed by atoms with Gasteiger partial charge in [0.15, 0.2) is 0 Å². The average molecular weight is 290 g/mol. The molecule has 0 bridgehead atoms. The van der Waals surface area contributed by atoms with Gasteiger partial charge in [0.2, 0.25) is 0 Å². The molecule has 2 aromatic rings. The van der Waals surface area contributed by atoms with Gasteiger partial charge in [-0.15, -0.1) is 0 Å². The van der Waals surface area contributed by atoms with Crippen molar-refractivity contribution in [3.05, 3.63) is 59.2 Å². The lowest BCUT2D eigenvalue weighted by molar-refractivity contribution is 0.392. The number of rotatable bonds is 4. The third-order valence-electron chi connectivity index (χ3n) is 3.45. The predicted octanol–water partition coefficient (Wildman–Crippen LogP) is 3.76. The van der Waals surface area contributed by atoms with Crippen molar-refractivity contribution in [2.45, 2.75) is 27.2 Å². The molecule has 4 heteroatoms. The van der Waals surface area contributed by atoms with Gasteiger partial charge in [-0.25, -0.2) is 4.57 Å². The Kier molecular flexibility index (Phi) is 4.32. The van der Waals surface area contributed by atoms with Gasteiger partial charge in [-0.3, -0.25) is 0 Å². The van der Waals surface area contributed by atoms with Crippen LogP contribution in [0.2, 0.25) is 0 Å². The molecule has 0 aliphatic carbocycles. The first-order chi connectivity index (χ1) is 9.45. The van der Waals surface area contributed by atoms with Crippen molar-refractivity contribution in [1.82, 2.24) is 0 Å². The first kappa shape index (κ1) is 14.8. The van der Waals surface area contributed by atoms with Crippen LogP contribution in [-0.2, 0) is 11.0 Å². The number of hydrogen-bond donors (Lipinski definition) is 1. The molecule has 0 saturated heterocycles. The van der Waals surface area contributed by atoms with Gasteiger partial charge in [0, 0.05) is 0 Å². The number of aryl methyl sites for hydroxylation is 2. The van der Waals surface area contributed by atoms with Crippen LogP contribution >= 0.6 is 7.60 Å². The van der Waals surface area contributed by atoms with Crippen molar-refractivity contribution in [3.63, 3.8) is 0 Å². The average Bonchev–Trinajstić information content (AvgIpc) is 2.43. The molecule has 0 aromatic heterocycles. The summed E-state index contributed by atoms with van der Waals surface area (Å²) < 4.78 is 18.0. The highest BCUT2D eigenvalue weighted by atomic mass is 31.2. The van der Waals surface area contributed by atoms with E-state index >= 15 is 0 Å². The van der Waals surface area contributed by atoms with E-state index in [0.29, 0.717) is 17.5 Å². The van der Waals surface area contributed by atoms with Crippen LogP contribution in [0.15, 0.2) is 42.5 Å². The number of hydrogen-bond acceptors (Lipinski definition) is 2. The molecule has 1 N–H and O–H groups in total. The van der Waals surface area contributed by atoms with Gasteiger partial charge in [-0.05, 0) is 49.1 Å². The Balaban J connectivity index is 2.41. The largest absolute Gasteiger partial charge is 0.421 e. The van der Waals surface area contributed by atoms with E-state index in [4.69, 9.17) is 4.52 Å². The van der Waals surface area contributed by atoms with E-state index in [-0.39, 0.29) is 0 Å². The maximum absolute atomic E-state index is 12.6. The fourth-order valence-corrected chi connectivity index (χ4v) is 3.52. The molecule has 2 rings (SSSR count). The second-order valence-corrected chi connectivity index (χ2v) is 6.50. The summed E-state index contributed by atoms with van der Waals surface area (Å²) in [7, 11) is -3.87. The van der Waals surface area contributed by atoms with Crippen LogP contribution < -0.4 is 9.83 Å². The van der Waals surface area contributed by atoms with Crippen LogP contribution in [0.5, 0.6) is 5.75 Å². The van der Waals surface area contributed by atoms with Crippen molar-refractivity contribution >= 4 is 12.9 Å². The minimum Gasteiger partial charge on any atom is -0.421 e. The van der Waals surface area contributed by atoms with Crippen LogP contribution in [0.4, 0.5) is 0 Å². The van der Waals surface area contributed by atoms with E-state index in [1.54, 1.807) is 18.2 Å². The van der Waals surface area contributed by atoms with Gasteiger partial charge in [0.05, 0.1) is 5.30 Å². The fraction of sp³-hybridized carbons (Fsp3) is 0.250. The van der Waals surface area contributed by atoms with Crippen LogP contribution in [0.3, 0.4) is 0 Å². The number of benzene rings is 2. The smallest absolute Gasteiger partial charge is 0.408 e. The quantitative estimate of drug-likeness (QED) is 0.872. The molecule has 1 unspecified atom stereocenters. The summed E-state index contributed by atoms with van der Waals surface area (Å²) >= 11 is 0. The molecule has 0 fully saturated rings. The minimum absolute atomic E-state index is 0.378. The van der Waals surface area contributed by atoms with E-state index in [1.807, 2.05) is 45.0 Å². The van der Waals surface area contributed by atoms with Crippen molar-refractivity contribution in [2.24, 2.45) is 0 Å². The van der Waals surface area contributed by atoms with E-state index in [0.717, 1.165) is 16.7 Å². The highest BCUT2D eigenvalue weighted by Crippen LogP contribution is 2.43. The molecule has 3 nitrogen and oxygen atoms in total. The Morgan fingerprint density at radius 1 is 1.10 bits per heavy atom. The van der Waals surface area contributed by atoms with Crippen molar-refractivity contribution in [1.29, 1.82) is 0 Å². The van der Waals surface area contributed by atoms with Crippen molar-refractivity contribution in [3.8, 4) is 5.75 Å². The molecular formula is C16H19O3P. The Morgan fingerprint density at radius 2 is 1.80 bits per heavy atom. The van der Waals surface area contributed by atoms with Crippen molar-refractivity contribution in [2.75, 3.05) is 0 Å². The molecule has 0 aliphatic heterocycles. The van der Waals surface area contributed by atoms with Crippen molar-refractivity contribution < 1.29 is 14.0 Å². The summed E-state index contributed by atoms with van der Waals surface area (Å²) in [5, 5.41) is 0.378. The van der Waals surface area contributed by atoms with Crippen LogP contribution in [0.25, 0.3) is 0 Å². The zero-order chi connectivity index (χ0) is 14.8. The van der Waals surface area contributed by atoms with Crippen LogP contribution in [0.1, 0.15) is 23.6 Å². The monoisotopic (exact) mass is 290 g/mol. The zero-order valence-corrected chi connectivity index (χ0v) is 12.9. The van der Waals surface area contributed by atoms with Gasteiger partial charge in [0.1, 0.15) is 5.75 Å². The molecular weight excluding hydrogens is 271 g/mol. The minimum atomic E-state index is -3.87. The molecule has 0 amide bonds. The Hall–Kier alpha value is -1.57. The Labute approximate surface area is 119 Å². The summed E-state index contributed by atoms with van der Waals surface area (Å²) in [5.74, 6) is 0.460. The molecule has 106 valence electrons. The summed E-state index contributed by atoms with van der Waals surface area (Å²) in [6.45, 7) is 5.79. The van der Waals surface area contributed by atoms with E-state index in [9.17, 15) is 9.46 Å². The maximum atomic E-state index is 12.6. The lowest BCUT2D eigenvalue weighted by Gasteiger charge is -2.18. The lowest BCUT2D eigenvalue weighted by atomic mass is 10.1. The summed E-state index contributed by atoms with van der Waals surface area (Å²) in [4.78, 5) is 10.3. The summed E-state index contributed by atoms with van der Waals surface area (Å²) in [5.41, 5.74) is 2.76. The normalized spacial score (nSPS) is 13.8. The Bertz CT molecular complexity index is 665. The predicted molar refractivity (Wildman–Crippen MR) is 81.8 cm³/mol. The molecule has 0 aliphatic rings. The third kappa shape index (κ3) is 2.95. The van der Waals surface area contributed by atoms with Gasteiger partial charge in [0.25, 0.3) is 0 Å².